The zero-order chi connectivity index (χ0) is 14.7. The number of carbonyl (C=O) groups is 1. The van der Waals surface area contributed by atoms with Crippen molar-refractivity contribution in [1.29, 1.82) is 0 Å². The summed E-state index contributed by atoms with van der Waals surface area (Å²) in [7, 11) is 1.37. The van der Waals surface area contributed by atoms with Crippen molar-refractivity contribution in [2.24, 2.45) is 5.92 Å². The molecular weight excluding hydrogens is 258 g/mol. The first-order chi connectivity index (χ1) is 9.55. The van der Waals surface area contributed by atoms with Gasteiger partial charge in [-0.15, -0.1) is 0 Å². The lowest BCUT2D eigenvalue weighted by Gasteiger charge is -2.37. The van der Waals surface area contributed by atoms with Gasteiger partial charge in [-0.1, -0.05) is 13.0 Å². The van der Waals surface area contributed by atoms with Crippen LogP contribution in [0.15, 0.2) is 24.0 Å². The number of hydrogen-bond acceptors (Lipinski definition) is 4. The van der Waals surface area contributed by atoms with Crippen LogP contribution in [-0.2, 0) is 14.2 Å². The van der Waals surface area contributed by atoms with Gasteiger partial charge in [0.15, 0.2) is 6.29 Å². The molecule has 0 aromatic heterocycles. The van der Waals surface area contributed by atoms with E-state index in [9.17, 15) is 4.79 Å². The topological polar surface area (TPSA) is 48.0 Å². The fourth-order valence-corrected chi connectivity index (χ4v) is 2.62. The number of amides is 1. The van der Waals surface area contributed by atoms with E-state index in [-0.39, 0.29) is 18.1 Å². The molecule has 2 rings (SSSR count). The van der Waals surface area contributed by atoms with E-state index >= 15 is 0 Å². The van der Waals surface area contributed by atoms with E-state index in [0.29, 0.717) is 0 Å². The average Bonchev–Trinajstić information content (AvgIpc) is 2.44. The zero-order valence-electron chi connectivity index (χ0n) is 12.5. The molecule has 5 heteroatoms. The molecule has 0 N–H and O–H groups in total. The largest absolute Gasteiger partial charge is 0.452 e. The summed E-state index contributed by atoms with van der Waals surface area (Å²) < 4.78 is 16.5. The molecule has 1 saturated heterocycles. The summed E-state index contributed by atoms with van der Waals surface area (Å²) in [6.07, 6.45) is 6.82. The van der Waals surface area contributed by atoms with E-state index in [4.69, 9.17) is 14.2 Å². The first-order valence-electron chi connectivity index (χ1n) is 7.12. The van der Waals surface area contributed by atoms with Gasteiger partial charge in [-0.3, -0.25) is 4.90 Å². The fourth-order valence-electron chi connectivity index (χ4n) is 2.62. The second-order valence-electron chi connectivity index (χ2n) is 5.32. The van der Waals surface area contributed by atoms with Crippen LogP contribution in [0.5, 0.6) is 0 Å². The lowest BCUT2D eigenvalue weighted by molar-refractivity contribution is -0.218. The normalized spacial score (nSPS) is 33.8. The second kappa shape index (κ2) is 6.41. The van der Waals surface area contributed by atoms with Gasteiger partial charge in [0.1, 0.15) is 0 Å². The van der Waals surface area contributed by atoms with E-state index in [1.807, 2.05) is 19.9 Å². The first-order valence-corrected chi connectivity index (χ1v) is 7.12. The lowest BCUT2D eigenvalue weighted by atomic mass is 9.93. The minimum Gasteiger partial charge on any atom is -0.452 e. The van der Waals surface area contributed by atoms with Crippen LogP contribution in [0.1, 0.15) is 33.6 Å². The van der Waals surface area contributed by atoms with Gasteiger partial charge in [-0.25, -0.2) is 4.79 Å². The van der Waals surface area contributed by atoms with E-state index < -0.39 is 12.4 Å². The Balaban J connectivity index is 2.20. The third-order valence-electron chi connectivity index (χ3n) is 3.67. The minimum atomic E-state index is -0.412. The van der Waals surface area contributed by atoms with Crippen LogP contribution in [0.25, 0.3) is 0 Å². The summed E-state index contributed by atoms with van der Waals surface area (Å²) >= 11 is 0. The maximum absolute atomic E-state index is 11.6. The fraction of sp³-hybridized carbons (Fsp3) is 0.667. The first kappa shape index (κ1) is 15.1. The van der Waals surface area contributed by atoms with Crippen LogP contribution < -0.4 is 0 Å². The molecule has 1 fully saturated rings. The van der Waals surface area contributed by atoms with E-state index in [2.05, 4.69) is 6.92 Å². The number of nitrogens with zero attached hydrogens (tertiary/aromatic N) is 1. The van der Waals surface area contributed by atoms with Gasteiger partial charge >= 0.3 is 6.09 Å². The van der Waals surface area contributed by atoms with Gasteiger partial charge in [0.05, 0.1) is 19.3 Å². The predicted octanol–water partition coefficient (Wildman–Crippen LogP) is 3.03. The molecule has 2 aliphatic rings. The summed E-state index contributed by atoms with van der Waals surface area (Å²) in [5.41, 5.74) is 0.971. The SMILES string of the molecule is CCC1C=CN(C(=O)OC)C=C1C1O[C@H](C)C[C@@H](C)O1. The lowest BCUT2D eigenvalue weighted by Crippen LogP contribution is -2.39. The maximum Gasteiger partial charge on any atom is 0.417 e. The molecule has 0 aliphatic carbocycles. The molecule has 0 aromatic rings. The average molecular weight is 281 g/mol. The second-order valence-corrected chi connectivity index (χ2v) is 5.32. The number of rotatable bonds is 2. The van der Waals surface area contributed by atoms with Crippen LogP contribution >= 0.6 is 0 Å². The molecule has 0 bridgehead atoms. The van der Waals surface area contributed by atoms with Crippen molar-refractivity contribution in [2.45, 2.75) is 52.1 Å². The summed E-state index contributed by atoms with van der Waals surface area (Å²) in [6.45, 7) is 6.20. The van der Waals surface area contributed by atoms with Crippen molar-refractivity contribution in [3.05, 3.63) is 24.0 Å². The van der Waals surface area contributed by atoms with Crippen LogP contribution in [-0.4, -0.2) is 36.6 Å². The highest BCUT2D eigenvalue weighted by Crippen LogP contribution is 2.32. The summed E-state index contributed by atoms with van der Waals surface area (Å²) in [5.74, 6) is 0.221. The molecule has 0 spiro atoms. The van der Waals surface area contributed by atoms with Gasteiger partial charge < -0.3 is 14.2 Å². The van der Waals surface area contributed by atoms with E-state index in [1.54, 1.807) is 12.4 Å². The highest BCUT2D eigenvalue weighted by atomic mass is 16.7. The molecule has 112 valence electrons. The Morgan fingerprint density at radius 2 is 2.05 bits per heavy atom. The number of ether oxygens (including phenoxy) is 3. The molecule has 2 heterocycles. The van der Waals surface area contributed by atoms with Crippen molar-refractivity contribution < 1.29 is 19.0 Å². The Morgan fingerprint density at radius 1 is 1.40 bits per heavy atom. The Labute approximate surface area is 120 Å². The Kier molecular flexibility index (Phi) is 4.83. The van der Waals surface area contributed by atoms with Gasteiger partial charge in [-0.2, -0.15) is 0 Å². The van der Waals surface area contributed by atoms with Gasteiger partial charge in [0.25, 0.3) is 0 Å². The Bertz CT molecular complexity index is 408. The molecule has 20 heavy (non-hydrogen) atoms. The molecule has 5 nitrogen and oxygen atoms in total. The Morgan fingerprint density at radius 3 is 2.60 bits per heavy atom. The predicted molar refractivity (Wildman–Crippen MR) is 74.7 cm³/mol. The summed E-state index contributed by atoms with van der Waals surface area (Å²) in [4.78, 5) is 13.1. The monoisotopic (exact) mass is 281 g/mol. The quantitative estimate of drug-likeness (QED) is 0.780. The third kappa shape index (κ3) is 3.22. The number of hydrogen-bond donors (Lipinski definition) is 0. The summed E-state index contributed by atoms with van der Waals surface area (Å²) in [6, 6.07) is 0. The zero-order valence-corrected chi connectivity index (χ0v) is 12.5. The molecule has 0 aromatic carbocycles. The van der Waals surface area contributed by atoms with Crippen molar-refractivity contribution >= 4 is 6.09 Å². The standard InChI is InChI=1S/C15H23NO4/c1-5-12-6-7-16(15(17)18-4)9-13(12)14-19-10(2)8-11(3)20-14/h6-7,9-12,14H,5,8H2,1-4H3/t10-,11-,12?/m1/s1. The Hall–Kier alpha value is -1.33. The number of allylic oxidation sites excluding steroid dienone is 1. The molecule has 2 aliphatic heterocycles. The van der Waals surface area contributed by atoms with E-state index in [1.165, 1.54) is 12.0 Å². The van der Waals surface area contributed by atoms with Crippen LogP contribution in [0.4, 0.5) is 4.79 Å². The molecule has 1 unspecified atom stereocenters. The van der Waals surface area contributed by atoms with Crippen LogP contribution in [0, 0.1) is 5.92 Å². The van der Waals surface area contributed by atoms with Crippen LogP contribution in [0.3, 0.4) is 0 Å². The van der Waals surface area contributed by atoms with Gasteiger partial charge in [0.2, 0.25) is 0 Å². The van der Waals surface area contributed by atoms with Gasteiger partial charge in [-0.05, 0) is 26.7 Å². The third-order valence-corrected chi connectivity index (χ3v) is 3.67. The highest BCUT2D eigenvalue weighted by molar-refractivity contribution is 5.70. The molecule has 1 amide bonds. The molecule has 0 saturated carbocycles. The molecule has 0 radical (unpaired) electrons. The smallest absolute Gasteiger partial charge is 0.417 e. The summed E-state index contributed by atoms with van der Waals surface area (Å²) in [5, 5.41) is 0. The minimum absolute atomic E-state index is 0.152. The highest BCUT2D eigenvalue weighted by Gasteiger charge is 2.32. The van der Waals surface area contributed by atoms with Gasteiger partial charge in [0, 0.05) is 23.9 Å². The van der Waals surface area contributed by atoms with Crippen molar-refractivity contribution in [1.82, 2.24) is 4.90 Å². The molecule has 3 atom stereocenters. The van der Waals surface area contributed by atoms with Crippen molar-refractivity contribution in [3.63, 3.8) is 0 Å². The van der Waals surface area contributed by atoms with Crippen molar-refractivity contribution in [3.8, 4) is 0 Å². The molecular formula is C15H23NO4. The van der Waals surface area contributed by atoms with Crippen molar-refractivity contribution in [2.75, 3.05) is 7.11 Å². The van der Waals surface area contributed by atoms with E-state index in [0.717, 1.165) is 18.4 Å². The number of methoxy groups -OCH3 is 1. The maximum atomic E-state index is 11.6. The number of carbonyl (C=O) groups excluding carboxylic acids is 1. The van der Waals surface area contributed by atoms with Crippen LogP contribution in [0.2, 0.25) is 0 Å².